The van der Waals surface area contributed by atoms with E-state index < -0.39 is 0 Å². The molecule has 0 heterocycles. The molecule has 1 aromatic rings. The number of aliphatic imine (C=N–C) groups is 1. The Morgan fingerprint density at radius 3 is 2.50 bits per heavy atom. The van der Waals surface area contributed by atoms with Gasteiger partial charge in [0.2, 0.25) is 0 Å². The van der Waals surface area contributed by atoms with Crippen LogP contribution >= 0.6 is 24.0 Å². The van der Waals surface area contributed by atoms with Gasteiger partial charge in [-0.15, -0.1) is 24.0 Å². The molecule has 0 bridgehead atoms. The van der Waals surface area contributed by atoms with E-state index in [1.165, 1.54) is 12.1 Å². The minimum Gasteiger partial charge on any atom is -0.356 e. The van der Waals surface area contributed by atoms with Crippen LogP contribution in [0.5, 0.6) is 0 Å². The first-order chi connectivity index (χ1) is 9.28. The molecule has 0 saturated heterocycles. The second-order valence-electron chi connectivity index (χ2n) is 4.66. The molecule has 0 amide bonds. The van der Waals surface area contributed by atoms with Crippen molar-refractivity contribution in [1.82, 2.24) is 10.6 Å². The molecule has 1 aliphatic rings. The average Bonchev–Trinajstić information content (AvgIpc) is 2.93. The van der Waals surface area contributed by atoms with Gasteiger partial charge < -0.3 is 10.6 Å². The summed E-state index contributed by atoms with van der Waals surface area (Å²) >= 11 is 0. The fraction of sp³-hybridized carbons (Fsp3) is 0.400. The van der Waals surface area contributed by atoms with E-state index in [9.17, 15) is 4.39 Å². The Labute approximate surface area is 136 Å². The average molecular weight is 389 g/mol. The molecule has 0 aromatic heterocycles. The smallest absolute Gasteiger partial charge is 0.191 e. The van der Waals surface area contributed by atoms with E-state index in [2.05, 4.69) is 27.8 Å². The number of nitrogens with one attached hydrogen (secondary N) is 2. The molecule has 2 rings (SSSR count). The first-order valence-electron chi connectivity index (χ1n) is 6.64. The Bertz CT molecular complexity index is 449. The maximum atomic E-state index is 12.8. The van der Waals surface area contributed by atoms with Gasteiger partial charge in [-0.05, 0) is 37.0 Å². The second-order valence-corrected chi connectivity index (χ2v) is 4.66. The minimum absolute atomic E-state index is 0. The van der Waals surface area contributed by atoms with Crippen molar-refractivity contribution in [2.75, 3.05) is 13.6 Å². The Kier molecular flexibility index (Phi) is 7.58. The van der Waals surface area contributed by atoms with Crippen LogP contribution in [0.3, 0.4) is 0 Å². The molecule has 0 fully saturated rings. The summed E-state index contributed by atoms with van der Waals surface area (Å²) in [5.41, 5.74) is 1.12. The zero-order valence-electron chi connectivity index (χ0n) is 11.6. The summed E-state index contributed by atoms with van der Waals surface area (Å²) in [5, 5.41) is 6.65. The van der Waals surface area contributed by atoms with Crippen molar-refractivity contribution in [3.8, 4) is 0 Å². The third-order valence-electron chi connectivity index (χ3n) is 3.19. The molecular formula is C15H21FIN3. The van der Waals surface area contributed by atoms with Crippen molar-refractivity contribution in [3.63, 3.8) is 0 Å². The summed E-state index contributed by atoms with van der Waals surface area (Å²) in [6.45, 7) is 0.783. The van der Waals surface area contributed by atoms with E-state index in [4.69, 9.17) is 0 Å². The molecule has 1 aliphatic carbocycles. The summed E-state index contributed by atoms with van der Waals surface area (Å²) in [5.74, 6) is 0.638. The van der Waals surface area contributed by atoms with Gasteiger partial charge in [0.15, 0.2) is 5.96 Å². The van der Waals surface area contributed by atoms with Crippen LogP contribution in [0.1, 0.15) is 18.4 Å². The van der Waals surface area contributed by atoms with Crippen LogP contribution in [0.25, 0.3) is 0 Å². The molecule has 0 atom stereocenters. The van der Waals surface area contributed by atoms with Gasteiger partial charge in [0.05, 0.1) is 0 Å². The van der Waals surface area contributed by atoms with Crippen LogP contribution in [0.4, 0.5) is 4.39 Å². The van der Waals surface area contributed by atoms with Crippen molar-refractivity contribution >= 4 is 29.9 Å². The number of rotatable bonds is 4. The molecule has 3 nitrogen and oxygen atoms in total. The predicted molar refractivity (Wildman–Crippen MR) is 92.2 cm³/mol. The van der Waals surface area contributed by atoms with Crippen LogP contribution in [0.15, 0.2) is 41.4 Å². The normalized spacial score (nSPS) is 15.0. The SMILES string of the molecule is CN=C(NCCc1ccc(F)cc1)NC1CC=CC1.I. The summed E-state index contributed by atoms with van der Waals surface area (Å²) < 4.78 is 12.8. The Hall–Kier alpha value is -1.11. The van der Waals surface area contributed by atoms with E-state index in [-0.39, 0.29) is 29.8 Å². The van der Waals surface area contributed by atoms with Crippen molar-refractivity contribution in [2.24, 2.45) is 4.99 Å². The fourth-order valence-electron chi connectivity index (χ4n) is 2.10. The van der Waals surface area contributed by atoms with Gasteiger partial charge in [0, 0.05) is 19.6 Å². The lowest BCUT2D eigenvalue weighted by Crippen LogP contribution is -2.43. The maximum absolute atomic E-state index is 12.8. The number of hydrogen-bond donors (Lipinski definition) is 2. The van der Waals surface area contributed by atoms with E-state index in [1.54, 1.807) is 7.05 Å². The molecule has 20 heavy (non-hydrogen) atoms. The maximum Gasteiger partial charge on any atom is 0.191 e. The van der Waals surface area contributed by atoms with Gasteiger partial charge in [-0.3, -0.25) is 4.99 Å². The molecule has 0 radical (unpaired) electrons. The molecule has 1 aromatic carbocycles. The van der Waals surface area contributed by atoms with Gasteiger partial charge in [0.25, 0.3) is 0 Å². The molecule has 0 saturated carbocycles. The first kappa shape index (κ1) is 16.9. The minimum atomic E-state index is -0.192. The molecule has 0 spiro atoms. The monoisotopic (exact) mass is 389 g/mol. The lowest BCUT2D eigenvalue weighted by molar-refractivity contribution is 0.625. The number of benzene rings is 1. The Morgan fingerprint density at radius 1 is 1.25 bits per heavy atom. The lowest BCUT2D eigenvalue weighted by atomic mass is 10.1. The molecule has 110 valence electrons. The van der Waals surface area contributed by atoms with E-state index >= 15 is 0 Å². The van der Waals surface area contributed by atoms with Crippen molar-refractivity contribution in [3.05, 3.63) is 47.8 Å². The van der Waals surface area contributed by atoms with Gasteiger partial charge in [-0.2, -0.15) is 0 Å². The highest BCUT2D eigenvalue weighted by Gasteiger charge is 2.11. The van der Waals surface area contributed by atoms with E-state index in [0.717, 1.165) is 37.3 Å². The summed E-state index contributed by atoms with van der Waals surface area (Å²) in [6.07, 6.45) is 7.33. The number of halogens is 2. The van der Waals surface area contributed by atoms with Gasteiger partial charge in [-0.25, -0.2) is 4.39 Å². The molecule has 5 heteroatoms. The Balaban J connectivity index is 0.00000200. The second kappa shape index (κ2) is 8.94. The number of hydrogen-bond acceptors (Lipinski definition) is 1. The van der Waals surface area contributed by atoms with Crippen LogP contribution < -0.4 is 10.6 Å². The number of guanidine groups is 1. The predicted octanol–water partition coefficient (Wildman–Crippen LogP) is 2.87. The van der Waals surface area contributed by atoms with E-state index in [1.807, 2.05) is 12.1 Å². The van der Waals surface area contributed by atoms with E-state index in [0.29, 0.717) is 6.04 Å². The van der Waals surface area contributed by atoms with Gasteiger partial charge in [-0.1, -0.05) is 24.3 Å². The summed E-state index contributed by atoms with van der Waals surface area (Å²) in [6, 6.07) is 7.07. The summed E-state index contributed by atoms with van der Waals surface area (Å²) in [7, 11) is 1.77. The highest BCUT2D eigenvalue weighted by Crippen LogP contribution is 2.08. The third kappa shape index (κ3) is 5.48. The van der Waals surface area contributed by atoms with Crippen molar-refractivity contribution in [1.29, 1.82) is 0 Å². The highest BCUT2D eigenvalue weighted by molar-refractivity contribution is 14.0. The van der Waals surface area contributed by atoms with Gasteiger partial charge >= 0.3 is 0 Å². The highest BCUT2D eigenvalue weighted by atomic mass is 127. The topological polar surface area (TPSA) is 36.4 Å². The standard InChI is InChI=1S/C15H20FN3.HI/c1-17-15(19-14-4-2-3-5-14)18-11-10-12-6-8-13(16)9-7-12;/h2-3,6-9,14H,4-5,10-11H2,1H3,(H2,17,18,19);1H. The van der Waals surface area contributed by atoms with Gasteiger partial charge in [0.1, 0.15) is 5.82 Å². The largest absolute Gasteiger partial charge is 0.356 e. The van der Waals surface area contributed by atoms with Crippen LogP contribution in [-0.2, 0) is 6.42 Å². The number of nitrogens with zero attached hydrogens (tertiary/aromatic N) is 1. The Morgan fingerprint density at radius 2 is 1.90 bits per heavy atom. The third-order valence-corrected chi connectivity index (χ3v) is 3.19. The molecule has 0 unspecified atom stereocenters. The zero-order chi connectivity index (χ0) is 13.5. The van der Waals surface area contributed by atoms with Crippen LogP contribution in [-0.4, -0.2) is 25.6 Å². The fourth-order valence-corrected chi connectivity index (χ4v) is 2.10. The quantitative estimate of drug-likeness (QED) is 0.360. The summed E-state index contributed by atoms with van der Waals surface area (Å²) in [4.78, 5) is 4.20. The van der Waals surface area contributed by atoms with Crippen LogP contribution in [0.2, 0.25) is 0 Å². The molecular weight excluding hydrogens is 368 g/mol. The zero-order valence-corrected chi connectivity index (χ0v) is 13.9. The molecule has 2 N–H and O–H groups in total. The van der Waals surface area contributed by atoms with Crippen molar-refractivity contribution in [2.45, 2.75) is 25.3 Å². The molecule has 0 aliphatic heterocycles. The lowest BCUT2D eigenvalue weighted by Gasteiger charge is -2.16. The first-order valence-corrected chi connectivity index (χ1v) is 6.64. The van der Waals surface area contributed by atoms with Crippen LogP contribution in [0, 0.1) is 5.82 Å². The van der Waals surface area contributed by atoms with Crippen molar-refractivity contribution < 1.29 is 4.39 Å².